The van der Waals surface area contributed by atoms with Crippen molar-refractivity contribution in [1.82, 2.24) is 10.2 Å². The van der Waals surface area contributed by atoms with Crippen molar-refractivity contribution in [2.24, 2.45) is 0 Å². The van der Waals surface area contributed by atoms with Gasteiger partial charge in [0.2, 0.25) is 0 Å². The number of rotatable bonds is 5. The van der Waals surface area contributed by atoms with Crippen LogP contribution in [-0.4, -0.2) is 37.1 Å². The number of carbonyl (C=O) groups excluding carboxylic acids is 1. The maximum absolute atomic E-state index is 12.0. The minimum absolute atomic E-state index is 0.0389. The molecule has 120 valence electrons. The van der Waals surface area contributed by atoms with Gasteiger partial charge in [0.1, 0.15) is 0 Å². The molecule has 2 aromatic carbocycles. The number of morpholine rings is 1. The van der Waals surface area contributed by atoms with Crippen LogP contribution in [0.5, 0.6) is 0 Å². The lowest BCUT2D eigenvalue weighted by molar-refractivity contribution is 0.0342. The van der Waals surface area contributed by atoms with Crippen LogP contribution in [0.25, 0.3) is 0 Å². The molecule has 23 heavy (non-hydrogen) atoms. The van der Waals surface area contributed by atoms with Crippen molar-refractivity contribution in [3.63, 3.8) is 0 Å². The first-order valence-electron chi connectivity index (χ1n) is 8.02. The fourth-order valence-electron chi connectivity index (χ4n) is 2.65. The number of nitrogens with one attached hydrogen (secondary N) is 1. The van der Waals surface area contributed by atoms with E-state index in [2.05, 4.69) is 34.5 Å². The highest BCUT2D eigenvalue weighted by molar-refractivity contribution is 5.94. The van der Waals surface area contributed by atoms with E-state index >= 15 is 0 Å². The molecule has 1 saturated heterocycles. The number of ether oxygens (including phenoxy) is 1. The number of amides is 1. The number of carbonyl (C=O) groups is 1. The Morgan fingerprint density at radius 2 is 1.61 bits per heavy atom. The highest BCUT2D eigenvalue weighted by atomic mass is 16.5. The van der Waals surface area contributed by atoms with Gasteiger partial charge in [0.05, 0.1) is 13.2 Å². The summed E-state index contributed by atoms with van der Waals surface area (Å²) < 4.78 is 5.37. The molecule has 0 unspecified atom stereocenters. The molecule has 1 fully saturated rings. The molecule has 1 N–H and O–H groups in total. The van der Waals surface area contributed by atoms with Gasteiger partial charge in [0, 0.05) is 31.7 Å². The van der Waals surface area contributed by atoms with E-state index in [1.165, 1.54) is 5.56 Å². The Morgan fingerprint density at radius 3 is 2.30 bits per heavy atom. The standard InChI is InChI=1S/C19H22N2O2/c22-19(18-4-2-1-3-5-18)20-14-16-6-8-17(9-7-16)15-21-10-12-23-13-11-21/h1-9H,10-15H2,(H,20,22). The molecular weight excluding hydrogens is 288 g/mol. The van der Waals surface area contributed by atoms with Gasteiger partial charge in [-0.15, -0.1) is 0 Å². The lowest BCUT2D eigenvalue weighted by Crippen LogP contribution is -2.35. The fraction of sp³-hybridized carbons (Fsp3) is 0.316. The molecule has 4 heteroatoms. The summed E-state index contributed by atoms with van der Waals surface area (Å²) in [5, 5.41) is 2.95. The minimum atomic E-state index is -0.0389. The molecular formula is C19H22N2O2. The number of hydrogen-bond acceptors (Lipinski definition) is 3. The van der Waals surface area contributed by atoms with Crippen molar-refractivity contribution >= 4 is 5.91 Å². The maximum Gasteiger partial charge on any atom is 0.251 e. The van der Waals surface area contributed by atoms with Crippen molar-refractivity contribution in [3.05, 3.63) is 71.3 Å². The monoisotopic (exact) mass is 310 g/mol. The van der Waals surface area contributed by atoms with E-state index in [0.29, 0.717) is 12.1 Å². The molecule has 3 rings (SSSR count). The normalized spacial score (nSPS) is 15.3. The Bertz CT molecular complexity index is 620. The van der Waals surface area contributed by atoms with E-state index in [1.54, 1.807) is 0 Å². The first-order valence-corrected chi connectivity index (χ1v) is 8.02. The second-order valence-corrected chi connectivity index (χ2v) is 5.75. The van der Waals surface area contributed by atoms with Gasteiger partial charge in [-0.1, -0.05) is 42.5 Å². The molecule has 0 radical (unpaired) electrons. The van der Waals surface area contributed by atoms with Crippen LogP contribution in [0.4, 0.5) is 0 Å². The lowest BCUT2D eigenvalue weighted by Gasteiger charge is -2.26. The van der Waals surface area contributed by atoms with Crippen molar-refractivity contribution in [2.75, 3.05) is 26.3 Å². The molecule has 0 aliphatic carbocycles. The van der Waals surface area contributed by atoms with E-state index in [-0.39, 0.29) is 5.91 Å². The first-order chi connectivity index (χ1) is 11.3. The van der Waals surface area contributed by atoms with Crippen molar-refractivity contribution in [1.29, 1.82) is 0 Å². The molecule has 0 aromatic heterocycles. The van der Waals surface area contributed by atoms with Crippen LogP contribution in [0, 0.1) is 0 Å². The molecule has 0 spiro atoms. The smallest absolute Gasteiger partial charge is 0.251 e. The Balaban J connectivity index is 1.50. The Kier molecular flexibility index (Phi) is 5.40. The van der Waals surface area contributed by atoms with Gasteiger partial charge in [-0.25, -0.2) is 0 Å². The molecule has 0 saturated carbocycles. The third-order valence-electron chi connectivity index (χ3n) is 4.02. The van der Waals surface area contributed by atoms with E-state index in [0.717, 1.165) is 38.4 Å². The van der Waals surface area contributed by atoms with Gasteiger partial charge in [-0.3, -0.25) is 9.69 Å². The van der Waals surface area contributed by atoms with Gasteiger partial charge in [0.25, 0.3) is 5.91 Å². The Labute approximate surface area is 137 Å². The van der Waals surface area contributed by atoms with Crippen LogP contribution in [-0.2, 0) is 17.8 Å². The highest BCUT2D eigenvalue weighted by Crippen LogP contribution is 2.09. The summed E-state index contributed by atoms with van der Waals surface area (Å²) in [7, 11) is 0. The van der Waals surface area contributed by atoms with Gasteiger partial charge < -0.3 is 10.1 Å². The van der Waals surface area contributed by atoms with Crippen molar-refractivity contribution < 1.29 is 9.53 Å². The van der Waals surface area contributed by atoms with Crippen molar-refractivity contribution in [2.45, 2.75) is 13.1 Å². The summed E-state index contributed by atoms with van der Waals surface area (Å²) >= 11 is 0. The Morgan fingerprint density at radius 1 is 0.957 bits per heavy atom. The fourth-order valence-corrected chi connectivity index (χ4v) is 2.65. The van der Waals surface area contributed by atoms with E-state index in [4.69, 9.17) is 4.74 Å². The molecule has 4 nitrogen and oxygen atoms in total. The summed E-state index contributed by atoms with van der Waals surface area (Å²) in [4.78, 5) is 14.4. The van der Waals surface area contributed by atoms with E-state index in [9.17, 15) is 4.79 Å². The van der Waals surface area contributed by atoms with Gasteiger partial charge >= 0.3 is 0 Å². The Hall–Kier alpha value is -2.17. The zero-order chi connectivity index (χ0) is 15.9. The number of hydrogen-bond donors (Lipinski definition) is 1. The predicted octanol–water partition coefficient (Wildman–Crippen LogP) is 2.45. The van der Waals surface area contributed by atoms with Gasteiger partial charge in [-0.2, -0.15) is 0 Å². The van der Waals surface area contributed by atoms with Crippen LogP contribution in [0.1, 0.15) is 21.5 Å². The molecule has 1 aliphatic rings. The summed E-state index contributed by atoms with van der Waals surface area (Å²) in [5.74, 6) is -0.0389. The quantitative estimate of drug-likeness (QED) is 0.922. The van der Waals surface area contributed by atoms with Crippen LogP contribution < -0.4 is 5.32 Å². The summed E-state index contributed by atoms with van der Waals surface area (Å²) in [5.41, 5.74) is 3.10. The lowest BCUT2D eigenvalue weighted by atomic mass is 10.1. The highest BCUT2D eigenvalue weighted by Gasteiger charge is 2.10. The molecule has 0 bridgehead atoms. The molecule has 2 aromatic rings. The van der Waals surface area contributed by atoms with Crippen LogP contribution in [0.2, 0.25) is 0 Å². The van der Waals surface area contributed by atoms with Crippen LogP contribution >= 0.6 is 0 Å². The first kappa shape index (κ1) is 15.7. The second-order valence-electron chi connectivity index (χ2n) is 5.75. The summed E-state index contributed by atoms with van der Waals surface area (Å²) in [6, 6.07) is 17.7. The average molecular weight is 310 g/mol. The minimum Gasteiger partial charge on any atom is -0.379 e. The molecule has 1 heterocycles. The third-order valence-corrected chi connectivity index (χ3v) is 4.02. The SMILES string of the molecule is O=C(NCc1ccc(CN2CCOCC2)cc1)c1ccccc1. The third kappa shape index (κ3) is 4.65. The molecule has 1 aliphatic heterocycles. The number of nitrogens with zero attached hydrogens (tertiary/aromatic N) is 1. The van der Waals surface area contributed by atoms with E-state index < -0.39 is 0 Å². The largest absolute Gasteiger partial charge is 0.379 e. The van der Waals surface area contributed by atoms with Gasteiger partial charge in [-0.05, 0) is 23.3 Å². The van der Waals surface area contributed by atoms with Gasteiger partial charge in [0.15, 0.2) is 0 Å². The number of benzene rings is 2. The molecule has 0 atom stereocenters. The van der Waals surface area contributed by atoms with Crippen molar-refractivity contribution in [3.8, 4) is 0 Å². The predicted molar refractivity (Wildman–Crippen MR) is 90.2 cm³/mol. The van der Waals surface area contributed by atoms with Crippen LogP contribution in [0.15, 0.2) is 54.6 Å². The maximum atomic E-state index is 12.0. The van der Waals surface area contributed by atoms with Crippen LogP contribution in [0.3, 0.4) is 0 Å². The zero-order valence-electron chi connectivity index (χ0n) is 13.2. The summed E-state index contributed by atoms with van der Waals surface area (Å²) in [6.07, 6.45) is 0. The zero-order valence-corrected chi connectivity index (χ0v) is 13.2. The summed E-state index contributed by atoms with van der Waals surface area (Å²) in [6.45, 7) is 5.14. The second kappa shape index (κ2) is 7.90. The topological polar surface area (TPSA) is 41.6 Å². The van der Waals surface area contributed by atoms with E-state index in [1.807, 2.05) is 30.3 Å². The molecule has 1 amide bonds. The average Bonchev–Trinajstić information content (AvgIpc) is 2.62.